The van der Waals surface area contributed by atoms with Gasteiger partial charge < -0.3 is 19.8 Å². The highest BCUT2D eigenvalue weighted by molar-refractivity contribution is 6.30. The molecule has 1 heterocycles. The van der Waals surface area contributed by atoms with Crippen molar-refractivity contribution in [1.82, 2.24) is 0 Å². The molecule has 132 valence electrons. The highest BCUT2D eigenvalue weighted by atomic mass is 35.5. The summed E-state index contributed by atoms with van der Waals surface area (Å²) in [5.41, 5.74) is 1.35. The number of carbonyl (C=O) groups excluding carboxylic acids is 2. The van der Waals surface area contributed by atoms with Crippen LogP contribution >= 0.6 is 11.6 Å². The van der Waals surface area contributed by atoms with E-state index in [-0.39, 0.29) is 11.7 Å². The molecule has 2 N–H and O–H groups in total. The van der Waals surface area contributed by atoms with Crippen molar-refractivity contribution in [2.45, 2.75) is 0 Å². The topological polar surface area (TPSA) is 80.6 Å². The highest BCUT2D eigenvalue weighted by Crippen LogP contribution is 2.28. The molecule has 2 aromatic carbocycles. The van der Waals surface area contributed by atoms with Gasteiger partial charge in [0, 0.05) is 16.3 Å². The molecule has 26 heavy (non-hydrogen) atoms. The van der Waals surface area contributed by atoms with E-state index in [9.17, 15) is 9.59 Å². The van der Waals surface area contributed by atoms with E-state index in [1.54, 1.807) is 54.6 Å². The molecule has 0 aliphatic carbocycles. The third-order valence-corrected chi connectivity index (χ3v) is 3.81. The van der Waals surface area contributed by atoms with E-state index in [2.05, 4.69) is 10.6 Å². The fourth-order valence-corrected chi connectivity index (χ4v) is 2.41. The van der Waals surface area contributed by atoms with Crippen molar-refractivity contribution >= 4 is 34.8 Å². The quantitative estimate of drug-likeness (QED) is 0.695. The van der Waals surface area contributed by atoms with Crippen LogP contribution in [0.15, 0.2) is 65.3 Å². The lowest BCUT2D eigenvalue weighted by atomic mass is 10.2. The smallest absolute Gasteiger partial charge is 0.291 e. The van der Waals surface area contributed by atoms with Gasteiger partial charge >= 0.3 is 0 Å². The first-order valence-corrected chi connectivity index (χ1v) is 8.04. The zero-order valence-electron chi connectivity index (χ0n) is 13.8. The Morgan fingerprint density at radius 1 is 1.00 bits per heavy atom. The Morgan fingerprint density at radius 2 is 1.77 bits per heavy atom. The molecule has 0 unspecified atom stereocenters. The molecule has 0 aliphatic rings. The summed E-state index contributed by atoms with van der Waals surface area (Å²) < 4.78 is 10.3. The second kappa shape index (κ2) is 7.76. The lowest BCUT2D eigenvalue weighted by Crippen LogP contribution is -2.14. The van der Waals surface area contributed by atoms with E-state index < -0.39 is 5.91 Å². The molecule has 0 fully saturated rings. The predicted molar refractivity (Wildman–Crippen MR) is 99.1 cm³/mol. The first-order chi connectivity index (χ1) is 12.6. The van der Waals surface area contributed by atoms with Gasteiger partial charge in [-0.2, -0.15) is 0 Å². The number of furan rings is 1. The van der Waals surface area contributed by atoms with Gasteiger partial charge in [-0.05, 0) is 54.6 Å². The second-order valence-corrected chi connectivity index (χ2v) is 5.74. The number of nitrogens with one attached hydrogen (secondary N) is 2. The van der Waals surface area contributed by atoms with Gasteiger partial charge in [0.25, 0.3) is 11.8 Å². The zero-order valence-corrected chi connectivity index (χ0v) is 14.5. The average molecular weight is 371 g/mol. The van der Waals surface area contributed by atoms with Gasteiger partial charge in [0.2, 0.25) is 0 Å². The first-order valence-electron chi connectivity index (χ1n) is 7.66. The number of hydrogen-bond donors (Lipinski definition) is 2. The minimum Gasteiger partial charge on any atom is -0.495 e. The van der Waals surface area contributed by atoms with E-state index >= 15 is 0 Å². The summed E-state index contributed by atoms with van der Waals surface area (Å²) in [5.74, 6) is -0.0690. The van der Waals surface area contributed by atoms with Crippen LogP contribution in [0.4, 0.5) is 11.4 Å². The molecule has 0 spiro atoms. The van der Waals surface area contributed by atoms with Crippen LogP contribution in [-0.2, 0) is 0 Å². The highest BCUT2D eigenvalue weighted by Gasteiger charge is 2.13. The number of anilines is 2. The van der Waals surface area contributed by atoms with Gasteiger partial charge in [-0.1, -0.05) is 11.6 Å². The van der Waals surface area contributed by atoms with E-state index in [1.165, 1.54) is 13.4 Å². The van der Waals surface area contributed by atoms with Gasteiger partial charge in [-0.15, -0.1) is 0 Å². The van der Waals surface area contributed by atoms with Crippen LogP contribution in [0.3, 0.4) is 0 Å². The van der Waals surface area contributed by atoms with E-state index in [4.69, 9.17) is 20.8 Å². The van der Waals surface area contributed by atoms with Gasteiger partial charge in [-0.25, -0.2) is 0 Å². The van der Waals surface area contributed by atoms with E-state index in [0.717, 1.165) is 0 Å². The van der Waals surface area contributed by atoms with Crippen molar-refractivity contribution < 1.29 is 18.7 Å². The Morgan fingerprint density at radius 3 is 2.42 bits per heavy atom. The number of methoxy groups -OCH3 is 1. The molecule has 7 heteroatoms. The Labute approximate surface area is 154 Å². The molecule has 3 rings (SSSR count). The maximum Gasteiger partial charge on any atom is 0.291 e. The first kappa shape index (κ1) is 17.6. The molecule has 6 nitrogen and oxygen atoms in total. The molecule has 0 saturated carbocycles. The Bertz CT molecular complexity index is 921. The maximum absolute atomic E-state index is 12.4. The van der Waals surface area contributed by atoms with Crippen LogP contribution in [0.2, 0.25) is 5.02 Å². The Balaban J connectivity index is 1.80. The minimum atomic E-state index is -0.393. The number of hydrogen-bond acceptors (Lipinski definition) is 4. The Hall–Kier alpha value is -3.25. The number of carbonyl (C=O) groups is 2. The van der Waals surface area contributed by atoms with Gasteiger partial charge in [0.1, 0.15) is 5.75 Å². The molecular weight excluding hydrogens is 356 g/mol. The molecule has 0 atom stereocenters. The summed E-state index contributed by atoms with van der Waals surface area (Å²) >= 11 is 5.84. The molecule has 3 aromatic rings. The lowest BCUT2D eigenvalue weighted by molar-refractivity contribution is 0.0995. The molecule has 0 radical (unpaired) electrons. The summed E-state index contributed by atoms with van der Waals surface area (Å²) in [5, 5.41) is 6.01. The summed E-state index contributed by atoms with van der Waals surface area (Å²) in [6, 6.07) is 14.6. The van der Waals surface area contributed by atoms with Crippen LogP contribution < -0.4 is 15.4 Å². The van der Waals surface area contributed by atoms with Crippen molar-refractivity contribution in [2.75, 3.05) is 17.7 Å². The van der Waals surface area contributed by atoms with Crippen LogP contribution in [0.25, 0.3) is 0 Å². The Kier molecular flexibility index (Phi) is 5.24. The maximum atomic E-state index is 12.4. The second-order valence-electron chi connectivity index (χ2n) is 5.31. The van der Waals surface area contributed by atoms with Gasteiger partial charge in [-0.3, -0.25) is 9.59 Å². The van der Waals surface area contributed by atoms with Crippen molar-refractivity contribution in [1.29, 1.82) is 0 Å². The average Bonchev–Trinajstić information content (AvgIpc) is 3.17. The third kappa shape index (κ3) is 4.04. The monoisotopic (exact) mass is 370 g/mol. The van der Waals surface area contributed by atoms with E-state index in [0.29, 0.717) is 27.7 Å². The molecule has 0 aliphatic heterocycles. The summed E-state index contributed by atoms with van der Waals surface area (Å²) in [7, 11) is 1.49. The largest absolute Gasteiger partial charge is 0.495 e. The van der Waals surface area contributed by atoms with Crippen molar-refractivity contribution in [2.24, 2.45) is 0 Å². The molecular formula is C19H15ClN2O4. The number of halogens is 1. The minimum absolute atomic E-state index is 0.188. The SMILES string of the molecule is COc1ccc(NC(=O)c2ccco2)cc1NC(=O)c1ccc(Cl)cc1. The van der Waals surface area contributed by atoms with Crippen LogP contribution in [0, 0.1) is 0 Å². The number of rotatable bonds is 5. The number of benzene rings is 2. The fourth-order valence-electron chi connectivity index (χ4n) is 2.28. The predicted octanol–water partition coefficient (Wildman–Crippen LogP) is 4.45. The molecule has 0 bridgehead atoms. The number of ether oxygens (including phenoxy) is 1. The summed E-state index contributed by atoms with van der Waals surface area (Å²) in [6.07, 6.45) is 1.42. The van der Waals surface area contributed by atoms with Crippen molar-refractivity contribution in [3.8, 4) is 5.75 Å². The van der Waals surface area contributed by atoms with Crippen LogP contribution in [0.1, 0.15) is 20.9 Å². The van der Waals surface area contributed by atoms with Gasteiger partial charge in [0.05, 0.1) is 19.1 Å². The third-order valence-electron chi connectivity index (χ3n) is 3.56. The molecule has 1 aromatic heterocycles. The summed E-state index contributed by atoms with van der Waals surface area (Å²) in [4.78, 5) is 24.5. The van der Waals surface area contributed by atoms with Crippen LogP contribution in [-0.4, -0.2) is 18.9 Å². The van der Waals surface area contributed by atoms with Crippen LogP contribution in [0.5, 0.6) is 5.75 Å². The summed E-state index contributed by atoms with van der Waals surface area (Å²) in [6.45, 7) is 0. The van der Waals surface area contributed by atoms with E-state index in [1.807, 2.05) is 0 Å². The molecule has 2 amide bonds. The fraction of sp³-hybridized carbons (Fsp3) is 0.0526. The standard InChI is InChI=1S/C19H15ClN2O4/c1-25-16-9-8-14(21-19(24)17-3-2-10-26-17)11-15(16)22-18(23)12-4-6-13(20)7-5-12/h2-11H,1H3,(H,21,24)(H,22,23). The normalized spacial score (nSPS) is 10.2. The van der Waals surface area contributed by atoms with Crippen molar-refractivity contribution in [3.63, 3.8) is 0 Å². The number of amides is 2. The van der Waals surface area contributed by atoms with Gasteiger partial charge in [0.15, 0.2) is 5.76 Å². The lowest BCUT2D eigenvalue weighted by Gasteiger charge is -2.12. The van der Waals surface area contributed by atoms with Crippen molar-refractivity contribution in [3.05, 3.63) is 77.2 Å². The zero-order chi connectivity index (χ0) is 18.5. The molecule has 0 saturated heterocycles.